The smallest absolute Gasteiger partial charge is 0.228 e. The summed E-state index contributed by atoms with van der Waals surface area (Å²) < 4.78 is 0. The molecule has 2 rings (SSSR count). The van der Waals surface area contributed by atoms with Gasteiger partial charge in [0, 0.05) is 17.8 Å². The number of carbonyl (C=O) groups is 1. The third-order valence-corrected chi connectivity index (χ3v) is 3.56. The lowest BCUT2D eigenvalue weighted by Crippen LogP contribution is -2.37. The minimum Gasteiger partial charge on any atom is -0.507 e. The molecule has 18 heavy (non-hydrogen) atoms. The van der Waals surface area contributed by atoms with Gasteiger partial charge in [-0.15, -0.1) is 0 Å². The average Bonchev–Trinajstić information content (AvgIpc) is 2.40. The van der Waals surface area contributed by atoms with Crippen LogP contribution in [0.5, 0.6) is 5.75 Å². The molecule has 1 saturated heterocycles. The molecule has 1 heterocycles. The van der Waals surface area contributed by atoms with E-state index in [1.807, 2.05) is 26.0 Å². The molecule has 1 aromatic rings. The molecule has 4 nitrogen and oxygen atoms in total. The third-order valence-electron chi connectivity index (χ3n) is 3.56. The first-order valence-corrected chi connectivity index (χ1v) is 6.40. The number of anilines is 1. The Kier molecular flexibility index (Phi) is 3.87. The van der Waals surface area contributed by atoms with E-state index in [2.05, 4.69) is 10.6 Å². The monoisotopic (exact) mass is 248 g/mol. The number of hydrogen-bond donors (Lipinski definition) is 3. The van der Waals surface area contributed by atoms with Crippen molar-refractivity contribution in [1.82, 2.24) is 5.32 Å². The summed E-state index contributed by atoms with van der Waals surface area (Å²) in [6, 6.07) is 3.66. The van der Waals surface area contributed by atoms with Gasteiger partial charge >= 0.3 is 0 Å². The zero-order valence-corrected chi connectivity index (χ0v) is 10.9. The number of carbonyl (C=O) groups excluding carboxylic acids is 1. The van der Waals surface area contributed by atoms with Gasteiger partial charge in [0.25, 0.3) is 0 Å². The highest BCUT2D eigenvalue weighted by molar-refractivity contribution is 5.93. The maximum absolute atomic E-state index is 12.1. The molecule has 0 bridgehead atoms. The maximum Gasteiger partial charge on any atom is 0.228 e. The summed E-state index contributed by atoms with van der Waals surface area (Å²) in [5.41, 5.74) is 2.26. The molecule has 1 aliphatic rings. The molecule has 1 aromatic carbocycles. The Hall–Kier alpha value is -1.55. The van der Waals surface area contributed by atoms with E-state index in [0.29, 0.717) is 5.69 Å². The number of hydrogen-bond acceptors (Lipinski definition) is 3. The highest BCUT2D eigenvalue weighted by atomic mass is 16.3. The summed E-state index contributed by atoms with van der Waals surface area (Å²) in [7, 11) is 0. The van der Waals surface area contributed by atoms with Crippen LogP contribution in [0.15, 0.2) is 12.1 Å². The molecule has 0 aliphatic carbocycles. The number of phenolic OH excluding ortho intramolecular Hbond substituents is 1. The van der Waals surface area contributed by atoms with Gasteiger partial charge in [0.2, 0.25) is 5.91 Å². The van der Waals surface area contributed by atoms with Crippen LogP contribution in [0.4, 0.5) is 5.69 Å². The Bertz CT molecular complexity index is 451. The van der Waals surface area contributed by atoms with E-state index in [4.69, 9.17) is 0 Å². The predicted molar refractivity (Wildman–Crippen MR) is 71.8 cm³/mol. The summed E-state index contributed by atoms with van der Waals surface area (Å²) >= 11 is 0. The summed E-state index contributed by atoms with van der Waals surface area (Å²) in [5.74, 6) is 0.324. The van der Waals surface area contributed by atoms with Crippen molar-refractivity contribution in [3.8, 4) is 5.75 Å². The molecule has 1 atom stereocenters. The molecule has 0 radical (unpaired) electrons. The molecule has 0 spiro atoms. The predicted octanol–water partition coefficient (Wildman–Crippen LogP) is 1.95. The van der Waals surface area contributed by atoms with Crippen LogP contribution < -0.4 is 10.6 Å². The lowest BCUT2D eigenvalue weighted by atomic mass is 9.98. The van der Waals surface area contributed by atoms with Gasteiger partial charge in [0.05, 0.1) is 5.92 Å². The Balaban J connectivity index is 2.09. The molecule has 1 amide bonds. The first-order chi connectivity index (χ1) is 8.59. The molecule has 1 fully saturated rings. The van der Waals surface area contributed by atoms with Crippen LogP contribution in [0, 0.1) is 19.8 Å². The molecule has 4 heteroatoms. The quantitative estimate of drug-likeness (QED) is 0.749. The zero-order valence-electron chi connectivity index (χ0n) is 10.9. The molecule has 0 aromatic heterocycles. The molecule has 98 valence electrons. The normalized spacial score (nSPS) is 19.6. The number of rotatable bonds is 2. The first-order valence-electron chi connectivity index (χ1n) is 6.40. The topological polar surface area (TPSA) is 61.4 Å². The van der Waals surface area contributed by atoms with Gasteiger partial charge in [-0.05, 0) is 44.9 Å². The molecule has 3 N–H and O–H groups in total. The van der Waals surface area contributed by atoms with E-state index in [1.165, 1.54) is 0 Å². The van der Waals surface area contributed by atoms with Crippen LogP contribution in [-0.4, -0.2) is 24.1 Å². The second-order valence-corrected chi connectivity index (χ2v) is 4.94. The molecule has 0 unspecified atom stereocenters. The van der Waals surface area contributed by atoms with Crippen molar-refractivity contribution in [2.45, 2.75) is 26.7 Å². The fraction of sp³-hybridized carbons (Fsp3) is 0.500. The van der Waals surface area contributed by atoms with Crippen molar-refractivity contribution in [3.05, 3.63) is 23.3 Å². The number of amides is 1. The van der Waals surface area contributed by atoms with Crippen LogP contribution in [-0.2, 0) is 4.79 Å². The minimum atomic E-state index is 0.0293. The van der Waals surface area contributed by atoms with Crippen LogP contribution in [0.3, 0.4) is 0 Å². The molecule has 0 saturated carbocycles. The SMILES string of the molecule is Cc1ccc(NC(=O)[C@H]2CCCNC2)c(C)c1O. The Morgan fingerprint density at radius 2 is 2.22 bits per heavy atom. The third kappa shape index (κ3) is 2.64. The van der Waals surface area contributed by atoms with E-state index in [0.717, 1.165) is 37.1 Å². The molecule has 1 aliphatic heterocycles. The highest BCUT2D eigenvalue weighted by Gasteiger charge is 2.21. The number of benzene rings is 1. The van der Waals surface area contributed by atoms with E-state index in [-0.39, 0.29) is 17.6 Å². The van der Waals surface area contributed by atoms with E-state index in [9.17, 15) is 9.90 Å². The average molecular weight is 248 g/mol. The van der Waals surface area contributed by atoms with Crippen molar-refractivity contribution in [2.75, 3.05) is 18.4 Å². The standard InChI is InChI=1S/C14H20N2O2/c1-9-5-6-12(10(2)13(9)17)16-14(18)11-4-3-7-15-8-11/h5-6,11,15,17H,3-4,7-8H2,1-2H3,(H,16,18)/t11-/m0/s1. The molecular formula is C14H20N2O2. The largest absolute Gasteiger partial charge is 0.507 e. The van der Waals surface area contributed by atoms with Gasteiger partial charge in [-0.25, -0.2) is 0 Å². The van der Waals surface area contributed by atoms with E-state index < -0.39 is 0 Å². The first kappa shape index (κ1) is 12.9. The van der Waals surface area contributed by atoms with Crippen LogP contribution in [0.2, 0.25) is 0 Å². The van der Waals surface area contributed by atoms with Gasteiger partial charge in [-0.3, -0.25) is 4.79 Å². The second-order valence-electron chi connectivity index (χ2n) is 4.94. The van der Waals surface area contributed by atoms with Crippen molar-refractivity contribution in [3.63, 3.8) is 0 Å². The summed E-state index contributed by atoms with van der Waals surface area (Å²) in [6.07, 6.45) is 1.96. The van der Waals surface area contributed by atoms with Gasteiger partial charge in [0.1, 0.15) is 5.75 Å². The minimum absolute atomic E-state index is 0.0293. The zero-order chi connectivity index (χ0) is 13.1. The van der Waals surface area contributed by atoms with Gasteiger partial charge in [-0.2, -0.15) is 0 Å². The van der Waals surface area contributed by atoms with Crippen molar-refractivity contribution >= 4 is 11.6 Å². The number of aryl methyl sites for hydroxylation is 1. The number of phenols is 1. The lowest BCUT2D eigenvalue weighted by Gasteiger charge is -2.22. The van der Waals surface area contributed by atoms with Crippen molar-refractivity contribution in [2.24, 2.45) is 5.92 Å². The van der Waals surface area contributed by atoms with Crippen molar-refractivity contribution in [1.29, 1.82) is 0 Å². The van der Waals surface area contributed by atoms with E-state index in [1.54, 1.807) is 0 Å². The Labute approximate surface area is 107 Å². The van der Waals surface area contributed by atoms with Gasteiger partial charge in [0.15, 0.2) is 0 Å². The fourth-order valence-electron chi connectivity index (χ4n) is 2.28. The highest BCUT2D eigenvalue weighted by Crippen LogP contribution is 2.28. The van der Waals surface area contributed by atoms with Gasteiger partial charge in [-0.1, -0.05) is 6.07 Å². The Morgan fingerprint density at radius 3 is 2.89 bits per heavy atom. The summed E-state index contributed by atoms with van der Waals surface area (Å²) in [4.78, 5) is 12.1. The van der Waals surface area contributed by atoms with Crippen LogP contribution in [0.1, 0.15) is 24.0 Å². The van der Waals surface area contributed by atoms with Crippen LogP contribution in [0.25, 0.3) is 0 Å². The number of piperidine rings is 1. The summed E-state index contributed by atoms with van der Waals surface area (Å²) in [5, 5.41) is 16.0. The Morgan fingerprint density at radius 1 is 1.44 bits per heavy atom. The second kappa shape index (κ2) is 5.40. The fourth-order valence-corrected chi connectivity index (χ4v) is 2.28. The van der Waals surface area contributed by atoms with E-state index >= 15 is 0 Å². The van der Waals surface area contributed by atoms with Crippen molar-refractivity contribution < 1.29 is 9.90 Å². The number of nitrogens with one attached hydrogen (secondary N) is 2. The lowest BCUT2D eigenvalue weighted by molar-refractivity contribution is -0.120. The van der Waals surface area contributed by atoms with Crippen LogP contribution >= 0.6 is 0 Å². The maximum atomic E-state index is 12.1. The number of aromatic hydroxyl groups is 1. The van der Waals surface area contributed by atoms with Gasteiger partial charge < -0.3 is 15.7 Å². The molecular weight excluding hydrogens is 228 g/mol. The summed E-state index contributed by atoms with van der Waals surface area (Å²) in [6.45, 7) is 5.40.